The molecule has 7 heteroatoms. The second-order valence-corrected chi connectivity index (χ2v) is 24.4. The maximum absolute atomic E-state index is 8.92. The molecule has 0 unspecified atom stereocenters. The lowest BCUT2D eigenvalue weighted by atomic mass is 10.2. The highest BCUT2D eigenvalue weighted by atomic mass is 79.9. The first-order valence-corrected chi connectivity index (χ1v) is 17.5. The van der Waals surface area contributed by atoms with Gasteiger partial charge in [-0.1, -0.05) is 73.4 Å². The molecule has 2 atom stereocenters. The molecule has 1 aliphatic rings. The van der Waals surface area contributed by atoms with E-state index in [1.165, 1.54) is 0 Å². The van der Waals surface area contributed by atoms with Crippen LogP contribution < -0.4 is 0 Å². The fourth-order valence-electron chi connectivity index (χ4n) is 2.34. The van der Waals surface area contributed by atoms with Crippen molar-refractivity contribution < 1.29 is 9.22 Å². The number of alkyl halides is 3. The second kappa shape index (κ2) is 9.61. The first-order valence-electron chi connectivity index (χ1n) is 9.60. The van der Waals surface area contributed by atoms with Crippen LogP contribution in [0.25, 0.3) is 0 Å². The van der Waals surface area contributed by atoms with Crippen LogP contribution in [-0.4, -0.2) is 37.5 Å². The smallest absolute Gasteiger partial charge is 0.178 e. The second-order valence-electron chi connectivity index (χ2n) is 10.5. The van der Waals surface area contributed by atoms with E-state index < -0.39 is 16.6 Å². The Morgan fingerprint density at radius 1 is 0.923 bits per heavy atom. The van der Waals surface area contributed by atoms with Crippen molar-refractivity contribution in [1.82, 2.24) is 0 Å². The van der Waals surface area contributed by atoms with Crippen LogP contribution in [0.15, 0.2) is 0 Å². The van der Waals surface area contributed by atoms with E-state index in [1.54, 1.807) is 0 Å². The predicted molar refractivity (Wildman–Crippen MR) is 130 cm³/mol. The Balaban J connectivity index is 0.000000502. The molecule has 0 saturated heterocycles. The van der Waals surface area contributed by atoms with Crippen molar-refractivity contribution in [3.63, 3.8) is 0 Å². The predicted octanol–water partition coefficient (Wildman–Crippen LogP) is 7.74. The molecule has 0 heterocycles. The Morgan fingerprint density at radius 2 is 1.31 bits per heavy atom. The minimum atomic E-state index is -1.59. The van der Waals surface area contributed by atoms with Gasteiger partial charge in [-0.25, -0.2) is 0 Å². The fourth-order valence-corrected chi connectivity index (χ4v) is 11.8. The average Bonchev–Trinajstić information content (AvgIpc) is 2.93. The van der Waals surface area contributed by atoms with Crippen LogP contribution in [0.1, 0.15) is 54.4 Å². The number of rotatable bonds is 6. The van der Waals surface area contributed by atoms with E-state index in [0.717, 1.165) is 12.8 Å². The molecule has 26 heavy (non-hydrogen) atoms. The van der Waals surface area contributed by atoms with Crippen LogP contribution in [0.5, 0.6) is 0 Å². The number of aliphatic hydroxyl groups is 1. The lowest BCUT2D eigenvalue weighted by molar-refractivity contribution is 0.267. The lowest BCUT2D eigenvalue weighted by Gasteiger charge is -2.47. The molecule has 0 aromatic carbocycles. The van der Waals surface area contributed by atoms with Crippen LogP contribution in [0.2, 0.25) is 36.3 Å². The minimum Gasteiger partial charge on any atom is -0.455 e. The summed E-state index contributed by atoms with van der Waals surface area (Å²) in [6.07, 6.45) is 2.12. The molecular weight excluding hydrogens is 512 g/mol. The summed E-state index contributed by atoms with van der Waals surface area (Å²) in [6.45, 7) is 23.5. The van der Waals surface area contributed by atoms with Crippen molar-refractivity contribution >= 4 is 60.1 Å². The molecule has 158 valence electrons. The van der Waals surface area contributed by atoms with Gasteiger partial charge in [-0.2, -0.15) is 0 Å². The van der Waals surface area contributed by atoms with Gasteiger partial charge in [-0.3, -0.25) is 0 Å². The van der Waals surface area contributed by atoms with Gasteiger partial charge in [0.25, 0.3) is 0 Å². The summed E-state index contributed by atoms with van der Waals surface area (Å²) >= 11 is 12.6. The van der Waals surface area contributed by atoms with Crippen LogP contribution >= 0.6 is 43.5 Å². The van der Waals surface area contributed by atoms with Crippen molar-refractivity contribution in [2.75, 3.05) is 12.5 Å². The van der Waals surface area contributed by atoms with Crippen LogP contribution in [0.3, 0.4) is 0 Å². The molecule has 0 amide bonds. The lowest BCUT2D eigenvalue weighted by Crippen LogP contribution is -2.53. The van der Waals surface area contributed by atoms with Gasteiger partial charge in [-0.05, 0) is 55.0 Å². The van der Waals surface area contributed by atoms with Gasteiger partial charge in [0.05, 0.1) is 3.23 Å². The molecule has 0 spiro atoms. The van der Waals surface area contributed by atoms with Gasteiger partial charge >= 0.3 is 0 Å². The number of aliphatic hydroxyl groups excluding tert-OH is 1. The summed E-state index contributed by atoms with van der Waals surface area (Å²) in [5, 5.41) is 9.56. The molecule has 0 aromatic rings. The normalized spacial score (nSPS) is 23.3. The largest absolute Gasteiger partial charge is 0.455 e. The van der Waals surface area contributed by atoms with E-state index >= 15 is 0 Å². The zero-order valence-corrected chi connectivity index (χ0v) is 24.4. The summed E-state index contributed by atoms with van der Waals surface area (Å²) in [4.78, 5) is 0. The van der Waals surface area contributed by atoms with Gasteiger partial charge in [0.1, 0.15) is 0 Å². The van der Waals surface area contributed by atoms with Gasteiger partial charge in [0.2, 0.25) is 0 Å². The maximum atomic E-state index is 8.92. The van der Waals surface area contributed by atoms with Crippen LogP contribution in [-0.2, 0) is 4.12 Å². The quantitative estimate of drug-likeness (QED) is 0.270. The van der Waals surface area contributed by atoms with E-state index in [1.807, 2.05) is 0 Å². The molecule has 0 radical (unpaired) electrons. The Kier molecular flexibility index (Phi) is 10.2. The number of hydrogen-bond donors (Lipinski definition) is 1. The molecule has 2 nitrogen and oxygen atoms in total. The molecule has 1 rings (SSSR count). The number of hydrogen-bond acceptors (Lipinski definition) is 2. The van der Waals surface area contributed by atoms with E-state index in [-0.39, 0.29) is 9.84 Å². The third kappa shape index (κ3) is 7.45. The minimum absolute atomic E-state index is 0.000802. The maximum Gasteiger partial charge on any atom is 0.178 e. The Hall–Kier alpha value is 1.60. The standard InChI is InChI=1S/C12H30OSi2.C7H11Br2ClO/c1-11(2,3)14(7,8)13-15(9,10)12(4,5)6;8-7(9)5(2-1-3-10)6(7)4-11/h1-10H3;5-6,11H,1-4H2/t;5-,6+/m.1/s1. The SMILES string of the molecule is CC(C)(C)[Si](C)(C)O[Si](C)(C)C(C)(C)C.OC[C@H]1[C@@H](CCCCl)C1(Br)Br. The fraction of sp³-hybridized carbons (Fsp3) is 1.00. The summed E-state index contributed by atoms with van der Waals surface area (Å²) < 4.78 is 6.63. The Morgan fingerprint density at radius 3 is 1.54 bits per heavy atom. The van der Waals surface area contributed by atoms with E-state index in [2.05, 4.69) is 99.6 Å². The summed E-state index contributed by atoms with van der Waals surface area (Å²) in [7, 11) is -3.18. The molecule has 1 saturated carbocycles. The van der Waals surface area contributed by atoms with Crippen LogP contribution in [0.4, 0.5) is 0 Å². The Labute approximate surface area is 186 Å². The molecule has 0 aromatic heterocycles. The van der Waals surface area contributed by atoms with Crippen molar-refractivity contribution in [2.24, 2.45) is 11.8 Å². The van der Waals surface area contributed by atoms with Crippen LogP contribution in [0, 0.1) is 11.8 Å². The molecule has 1 N–H and O–H groups in total. The van der Waals surface area contributed by atoms with E-state index in [9.17, 15) is 0 Å². The summed E-state index contributed by atoms with van der Waals surface area (Å²) in [5.74, 6) is 1.63. The highest BCUT2D eigenvalue weighted by molar-refractivity contribution is 9.25. The number of halogens is 3. The van der Waals surface area contributed by atoms with Gasteiger partial charge in [-0.15, -0.1) is 11.6 Å². The highest BCUT2D eigenvalue weighted by Crippen LogP contribution is 2.63. The van der Waals surface area contributed by atoms with E-state index in [0.29, 0.717) is 27.8 Å². The van der Waals surface area contributed by atoms with Crippen molar-refractivity contribution in [3.05, 3.63) is 0 Å². The molecule has 0 aliphatic heterocycles. The highest BCUT2D eigenvalue weighted by Gasteiger charge is 2.60. The van der Waals surface area contributed by atoms with Crippen molar-refractivity contribution in [3.8, 4) is 0 Å². The summed E-state index contributed by atoms with van der Waals surface area (Å²) in [5.41, 5.74) is 0. The Bertz CT molecular complexity index is 420. The molecule has 1 aliphatic carbocycles. The summed E-state index contributed by atoms with van der Waals surface area (Å²) in [6, 6.07) is 0. The third-order valence-electron chi connectivity index (χ3n) is 6.33. The van der Waals surface area contributed by atoms with Gasteiger partial charge in [0, 0.05) is 18.4 Å². The van der Waals surface area contributed by atoms with Gasteiger partial charge in [0.15, 0.2) is 16.6 Å². The van der Waals surface area contributed by atoms with Crippen molar-refractivity contribution in [2.45, 2.75) is 93.9 Å². The van der Waals surface area contributed by atoms with Crippen molar-refractivity contribution in [1.29, 1.82) is 0 Å². The van der Waals surface area contributed by atoms with E-state index in [4.69, 9.17) is 20.8 Å². The topological polar surface area (TPSA) is 29.5 Å². The molecular formula is C19H41Br2ClO2Si2. The zero-order valence-electron chi connectivity index (χ0n) is 18.5. The third-order valence-corrected chi connectivity index (χ3v) is 20.3. The molecule has 0 bridgehead atoms. The monoisotopic (exact) mass is 550 g/mol. The molecule has 1 fully saturated rings. The van der Waals surface area contributed by atoms with Gasteiger partial charge < -0.3 is 9.22 Å². The first-order chi connectivity index (χ1) is 11.3. The first kappa shape index (κ1) is 27.6. The average molecular weight is 553 g/mol. The zero-order chi connectivity index (χ0) is 21.2.